The van der Waals surface area contributed by atoms with Gasteiger partial charge >= 0.3 is 5.97 Å². The van der Waals surface area contributed by atoms with Gasteiger partial charge in [-0.2, -0.15) is 0 Å². The molecular formula is C26H38N4O5S. The molecule has 0 aliphatic carbocycles. The molecule has 0 saturated heterocycles. The summed E-state index contributed by atoms with van der Waals surface area (Å²) in [5.41, 5.74) is 4.56. The normalized spacial score (nSPS) is 12.4. The van der Waals surface area contributed by atoms with Crippen LogP contribution in [0.2, 0.25) is 0 Å². The molecule has 1 atom stereocenters. The first-order valence-electron chi connectivity index (χ1n) is 12.2. The molecule has 1 amide bonds. The number of sulfonamides is 1. The second kappa shape index (κ2) is 14.7. The van der Waals surface area contributed by atoms with Gasteiger partial charge in [-0.1, -0.05) is 32.0 Å². The fraction of sp³-hybridized carbons (Fsp3) is 0.500. The lowest BCUT2D eigenvalue weighted by Crippen LogP contribution is -2.37. The number of carbonyl (C=O) groups is 2. The van der Waals surface area contributed by atoms with Crippen molar-refractivity contribution in [2.24, 2.45) is 5.92 Å². The summed E-state index contributed by atoms with van der Waals surface area (Å²) in [6.07, 6.45) is 4.54. The van der Waals surface area contributed by atoms with Crippen molar-refractivity contribution in [1.29, 1.82) is 0 Å². The molecule has 2 aromatic rings. The van der Waals surface area contributed by atoms with E-state index in [4.69, 9.17) is 4.74 Å². The van der Waals surface area contributed by atoms with E-state index in [9.17, 15) is 18.0 Å². The van der Waals surface area contributed by atoms with Crippen LogP contribution >= 0.6 is 0 Å². The number of hydrogen-bond donors (Lipinski definition) is 3. The Morgan fingerprint density at radius 1 is 1.11 bits per heavy atom. The largest absolute Gasteiger partial charge is 0.464 e. The monoisotopic (exact) mass is 518 g/mol. The quantitative estimate of drug-likeness (QED) is 0.244. The third kappa shape index (κ3) is 10.8. The Bertz CT molecular complexity index is 1110. The van der Waals surface area contributed by atoms with E-state index < -0.39 is 22.5 Å². The number of benzene rings is 1. The average molecular weight is 519 g/mol. The minimum Gasteiger partial charge on any atom is -0.464 e. The van der Waals surface area contributed by atoms with Crippen LogP contribution in [0.4, 0.5) is 0 Å². The molecule has 0 bridgehead atoms. The zero-order valence-electron chi connectivity index (χ0n) is 21.5. The maximum absolute atomic E-state index is 12.1. The minimum atomic E-state index is -3.69. The van der Waals surface area contributed by atoms with E-state index in [-0.39, 0.29) is 43.2 Å². The van der Waals surface area contributed by atoms with E-state index in [1.54, 1.807) is 6.20 Å². The first-order chi connectivity index (χ1) is 17.1. The van der Waals surface area contributed by atoms with Crippen LogP contribution < -0.4 is 15.4 Å². The first-order valence-corrected chi connectivity index (χ1v) is 13.9. The van der Waals surface area contributed by atoms with Crippen LogP contribution in [0.3, 0.4) is 0 Å². The number of aryl methyl sites for hydroxylation is 1. The Balaban J connectivity index is 1.66. The lowest BCUT2D eigenvalue weighted by atomic mass is 9.98. The smallest absolute Gasteiger partial charge is 0.321 e. The van der Waals surface area contributed by atoms with Crippen molar-refractivity contribution in [2.75, 3.05) is 32.0 Å². The second-order valence-electron chi connectivity index (χ2n) is 9.16. The van der Waals surface area contributed by atoms with Crippen molar-refractivity contribution < 1.29 is 22.7 Å². The predicted octanol–water partition coefficient (Wildman–Crippen LogP) is 2.72. The summed E-state index contributed by atoms with van der Waals surface area (Å²) in [4.78, 5) is 27.7. The van der Waals surface area contributed by atoms with Gasteiger partial charge in [0.05, 0.1) is 12.4 Å². The van der Waals surface area contributed by atoms with E-state index in [1.165, 1.54) is 0 Å². The zero-order valence-corrected chi connectivity index (χ0v) is 22.4. The standard InChI is InChI=1S/C26H38N4O5S/c1-19(2)18-35-26(32)17-30-36(33,34)14-13-29-25(31)9-6-11-28-21(4)22-7-5-8-23(15-22)24-10-12-27-16-20(24)3/h5,7-8,10,12,15-16,19,21,28,30H,6,9,11,13-14,17-18H2,1-4H3,(H,29,31)/t21-/m0/s1. The highest BCUT2D eigenvalue weighted by atomic mass is 32.2. The highest BCUT2D eigenvalue weighted by Crippen LogP contribution is 2.25. The van der Waals surface area contributed by atoms with E-state index in [1.807, 2.05) is 39.1 Å². The van der Waals surface area contributed by atoms with Crippen LogP contribution in [0.1, 0.15) is 50.8 Å². The lowest BCUT2D eigenvalue weighted by molar-refractivity contribution is -0.143. The topological polar surface area (TPSA) is 126 Å². The van der Waals surface area contributed by atoms with Crippen molar-refractivity contribution in [1.82, 2.24) is 20.3 Å². The van der Waals surface area contributed by atoms with Crippen molar-refractivity contribution in [3.05, 3.63) is 53.9 Å². The molecule has 0 aliphatic heterocycles. The van der Waals surface area contributed by atoms with Gasteiger partial charge in [0.2, 0.25) is 15.9 Å². The first kappa shape index (κ1) is 29.4. The van der Waals surface area contributed by atoms with E-state index in [2.05, 4.69) is 45.5 Å². The van der Waals surface area contributed by atoms with Crippen LogP contribution in [0.15, 0.2) is 42.7 Å². The molecule has 36 heavy (non-hydrogen) atoms. The number of nitrogens with zero attached hydrogens (tertiary/aromatic N) is 1. The van der Waals surface area contributed by atoms with Gasteiger partial charge in [-0.3, -0.25) is 14.6 Å². The molecule has 10 heteroatoms. The highest BCUT2D eigenvalue weighted by Gasteiger charge is 2.14. The molecule has 3 N–H and O–H groups in total. The fourth-order valence-electron chi connectivity index (χ4n) is 3.42. The number of esters is 1. The van der Waals surface area contributed by atoms with Crippen molar-refractivity contribution in [3.63, 3.8) is 0 Å². The summed E-state index contributed by atoms with van der Waals surface area (Å²) in [5.74, 6) is -0.977. The van der Waals surface area contributed by atoms with Crippen molar-refractivity contribution in [3.8, 4) is 11.1 Å². The number of pyridine rings is 1. The zero-order chi connectivity index (χ0) is 26.6. The van der Waals surface area contributed by atoms with E-state index in [0.29, 0.717) is 13.0 Å². The third-order valence-electron chi connectivity index (χ3n) is 5.46. The number of aromatic nitrogens is 1. The number of ether oxygens (including phenoxy) is 1. The summed E-state index contributed by atoms with van der Waals surface area (Å²) < 4.78 is 31.1. The minimum absolute atomic E-state index is 0.0275. The number of amides is 1. The molecule has 0 saturated carbocycles. The van der Waals surface area contributed by atoms with Gasteiger partial charge in [0.25, 0.3) is 0 Å². The van der Waals surface area contributed by atoms with E-state index in [0.717, 1.165) is 22.3 Å². The van der Waals surface area contributed by atoms with Crippen molar-refractivity contribution in [2.45, 2.75) is 46.6 Å². The van der Waals surface area contributed by atoms with Gasteiger partial charge in [0.1, 0.15) is 6.54 Å². The van der Waals surface area contributed by atoms with Crippen molar-refractivity contribution >= 4 is 21.9 Å². The Morgan fingerprint density at radius 2 is 1.89 bits per heavy atom. The molecule has 0 fully saturated rings. The molecule has 0 spiro atoms. The molecule has 0 radical (unpaired) electrons. The summed E-state index contributed by atoms with van der Waals surface area (Å²) in [5, 5.41) is 6.04. The van der Waals surface area contributed by atoms with Crippen LogP contribution in [-0.2, 0) is 24.3 Å². The molecule has 2 rings (SSSR count). The Kier molecular flexibility index (Phi) is 12.0. The second-order valence-corrected chi connectivity index (χ2v) is 11.1. The van der Waals surface area contributed by atoms with Gasteiger partial charge in [0, 0.05) is 31.4 Å². The molecule has 9 nitrogen and oxygen atoms in total. The van der Waals surface area contributed by atoms with Gasteiger partial charge in [0.15, 0.2) is 0 Å². The maximum atomic E-state index is 12.1. The SMILES string of the molecule is Cc1cnccc1-c1cccc([C@H](C)NCCCC(=O)NCCS(=O)(=O)NCC(=O)OCC(C)C)c1. The Hall–Kier alpha value is -2.82. The number of rotatable bonds is 15. The Morgan fingerprint density at radius 3 is 2.61 bits per heavy atom. The fourth-order valence-corrected chi connectivity index (χ4v) is 4.28. The van der Waals surface area contributed by atoms with Gasteiger partial charge in [-0.25, -0.2) is 13.1 Å². The Labute approximate surface area is 214 Å². The highest BCUT2D eigenvalue weighted by molar-refractivity contribution is 7.89. The van der Waals surface area contributed by atoms with Crippen LogP contribution in [0.5, 0.6) is 0 Å². The van der Waals surface area contributed by atoms with Crippen LogP contribution in [-0.4, -0.2) is 57.3 Å². The van der Waals surface area contributed by atoms with Gasteiger partial charge in [-0.05, 0) is 67.1 Å². The van der Waals surface area contributed by atoms with Crippen LogP contribution in [0, 0.1) is 12.8 Å². The summed E-state index contributed by atoms with van der Waals surface area (Å²) in [6, 6.07) is 10.5. The molecule has 0 aliphatic rings. The maximum Gasteiger partial charge on any atom is 0.321 e. The van der Waals surface area contributed by atoms with Gasteiger partial charge < -0.3 is 15.4 Å². The molecule has 1 aromatic heterocycles. The number of nitrogens with one attached hydrogen (secondary N) is 3. The van der Waals surface area contributed by atoms with Crippen LogP contribution in [0.25, 0.3) is 11.1 Å². The summed E-state index contributed by atoms with van der Waals surface area (Å²) >= 11 is 0. The predicted molar refractivity (Wildman–Crippen MR) is 141 cm³/mol. The molecule has 1 aromatic carbocycles. The lowest BCUT2D eigenvalue weighted by Gasteiger charge is -2.16. The molecule has 198 valence electrons. The summed E-state index contributed by atoms with van der Waals surface area (Å²) in [7, 11) is -3.69. The average Bonchev–Trinajstić information content (AvgIpc) is 2.84. The third-order valence-corrected chi connectivity index (χ3v) is 6.78. The van der Waals surface area contributed by atoms with E-state index >= 15 is 0 Å². The molecule has 0 unspecified atom stereocenters. The number of carbonyl (C=O) groups excluding carboxylic acids is 2. The molecule has 1 heterocycles. The molecular weight excluding hydrogens is 480 g/mol. The number of hydrogen-bond acceptors (Lipinski definition) is 7. The van der Waals surface area contributed by atoms with Gasteiger partial charge in [-0.15, -0.1) is 0 Å². The summed E-state index contributed by atoms with van der Waals surface area (Å²) in [6.45, 7) is 8.33.